The van der Waals surface area contributed by atoms with Crippen LogP contribution in [0.4, 0.5) is 0 Å². The SMILES string of the molecule is CCC(C)C(C)CCC(C)CO.c1c#cc#cc#1. The van der Waals surface area contributed by atoms with Crippen LogP contribution in [0.1, 0.15) is 47.0 Å². The third kappa shape index (κ3) is 8.75. The fourth-order valence-electron chi connectivity index (χ4n) is 1.51. The van der Waals surface area contributed by atoms with Crippen LogP contribution in [-0.2, 0) is 0 Å². The van der Waals surface area contributed by atoms with E-state index in [1.165, 1.54) is 19.3 Å². The molecular weight excluding hydrogens is 220 g/mol. The van der Waals surface area contributed by atoms with Gasteiger partial charge in [-0.05, 0) is 24.2 Å². The van der Waals surface area contributed by atoms with E-state index in [9.17, 15) is 0 Å². The quantitative estimate of drug-likeness (QED) is 0.811. The Bertz CT molecular complexity index is 231. The number of aliphatic hydroxyl groups is 1. The molecule has 0 spiro atoms. The highest BCUT2D eigenvalue weighted by molar-refractivity contribution is 4.64. The molecule has 1 aromatic rings. The molecule has 0 amide bonds. The zero-order valence-corrected chi connectivity index (χ0v) is 12.0. The summed E-state index contributed by atoms with van der Waals surface area (Å²) >= 11 is 0. The first kappa shape index (κ1) is 16.6. The maximum atomic E-state index is 8.84. The first-order valence-electron chi connectivity index (χ1n) is 6.72. The Hall–Kier alpha value is -1.36. The van der Waals surface area contributed by atoms with Gasteiger partial charge in [0.15, 0.2) is 0 Å². The summed E-state index contributed by atoms with van der Waals surface area (Å²) in [5, 5.41) is 8.84. The van der Waals surface area contributed by atoms with Gasteiger partial charge >= 0.3 is 0 Å². The molecule has 0 aliphatic rings. The van der Waals surface area contributed by atoms with Crippen LogP contribution in [0.25, 0.3) is 0 Å². The van der Waals surface area contributed by atoms with Gasteiger partial charge in [-0.3, -0.25) is 0 Å². The average Bonchev–Trinajstić information content (AvgIpc) is 2.45. The van der Waals surface area contributed by atoms with Gasteiger partial charge in [-0.2, -0.15) is 0 Å². The zero-order valence-electron chi connectivity index (χ0n) is 12.0. The highest BCUT2D eigenvalue weighted by Gasteiger charge is 2.11. The number of aliphatic hydroxyl groups excluding tert-OH is 1. The normalized spacial score (nSPS) is 13.8. The third-order valence-corrected chi connectivity index (χ3v) is 3.42. The van der Waals surface area contributed by atoms with E-state index in [2.05, 4.69) is 64.1 Å². The number of hydrogen-bond donors (Lipinski definition) is 1. The molecule has 3 unspecified atom stereocenters. The fourth-order valence-corrected chi connectivity index (χ4v) is 1.51. The molecule has 0 bridgehead atoms. The Labute approximate surface area is 113 Å². The number of rotatable bonds is 6. The summed E-state index contributed by atoms with van der Waals surface area (Å²) in [6.07, 6.45) is 3.70. The summed E-state index contributed by atoms with van der Waals surface area (Å²) in [5.41, 5.74) is 0. The van der Waals surface area contributed by atoms with E-state index in [1.54, 1.807) is 0 Å². The van der Waals surface area contributed by atoms with Gasteiger partial charge in [0.25, 0.3) is 0 Å². The lowest BCUT2D eigenvalue weighted by molar-refractivity contribution is 0.215. The van der Waals surface area contributed by atoms with Crippen molar-refractivity contribution in [2.75, 3.05) is 6.61 Å². The second kappa shape index (κ2) is 10.8. The molecule has 1 heteroatoms. The summed E-state index contributed by atoms with van der Waals surface area (Å²) in [7, 11) is 0. The van der Waals surface area contributed by atoms with Gasteiger partial charge in [-0.15, -0.1) is 0 Å². The molecule has 18 heavy (non-hydrogen) atoms. The average molecular weight is 244 g/mol. The van der Waals surface area contributed by atoms with Crippen LogP contribution < -0.4 is 0 Å². The van der Waals surface area contributed by atoms with Crippen molar-refractivity contribution in [2.24, 2.45) is 17.8 Å². The van der Waals surface area contributed by atoms with Crippen molar-refractivity contribution >= 4 is 0 Å². The standard InChI is InChI=1S/C11H24O.C6/c1-5-10(3)11(4)7-6-9(2)8-12;1-2-4-6-5-3-1/h9-12H,5-8H2,1-4H3;. The van der Waals surface area contributed by atoms with Crippen LogP contribution in [0.2, 0.25) is 0 Å². The molecule has 3 atom stereocenters. The van der Waals surface area contributed by atoms with Crippen LogP contribution in [0.5, 0.6) is 0 Å². The lowest BCUT2D eigenvalue weighted by Crippen LogP contribution is -2.10. The van der Waals surface area contributed by atoms with Crippen molar-refractivity contribution in [1.29, 1.82) is 0 Å². The van der Waals surface area contributed by atoms with Crippen molar-refractivity contribution in [3.63, 3.8) is 0 Å². The Kier molecular flexibility index (Phi) is 9.96. The summed E-state index contributed by atoms with van der Waals surface area (Å²) in [5.74, 6) is 2.12. The first-order chi connectivity index (χ1) is 8.61. The maximum Gasteiger partial charge on any atom is 0.0456 e. The molecule has 98 valence electrons. The molecular formula is C17H24O. The third-order valence-electron chi connectivity index (χ3n) is 3.42. The largest absolute Gasteiger partial charge is 0.396 e. The minimum absolute atomic E-state index is 0.341. The zero-order chi connectivity index (χ0) is 13.8. The van der Waals surface area contributed by atoms with E-state index in [0.29, 0.717) is 12.5 Å². The van der Waals surface area contributed by atoms with Crippen molar-refractivity contribution in [3.05, 3.63) is 36.4 Å². The maximum absolute atomic E-state index is 8.84. The van der Waals surface area contributed by atoms with E-state index in [-0.39, 0.29) is 0 Å². The van der Waals surface area contributed by atoms with Crippen molar-refractivity contribution in [1.82, 2.24) is 0 Å². The van der Waals surface area contributed by atoms with E-state index in [1.807, 2.05) is 0 Å². The Morgan fingerprint density at radius 1 is 0.778 bits per heavy atom. The van der Waals surface area contributed by atoms with Crippen LogP contribution in [0, 0.1) is 54.2 Å². The van der Waals surface area contributed by atoms with E-state index in [4.69, 9.17) is 5.11 Å². The van der Waals surface area contributed by atoms with E-state index >= 15 is 0 Å². The predicted molar refractivity (Wildman–Crippen MR) is 73.6 cm³/mol. The lowest BCUT2D eigenvalue weighted by Gasteiger charge is -2.19. The molecule has 0 fully saturated rings. The monoisotopic (exact) mass is 244 g/mol. The molecule has 0 heterocycles. The van der Waals surface area contributed by atoms with Gasteiger partial charge in [0.2, 0.25) is 0 Å². The van der Waals surface area contributed by atoms with Crippen LogP contribution >= 0.6 is 0 Å². The van der Waals surface area contributed by atoms with Gasteiger partial charge in [-0.25, -0.2) is 0 Å². The van der Waals surface area contributed by atoms with Gasteiger partial charge < -0.3 is 5.11 Å². The van der Waals surface area contributed by atoms with E-state index < -0.39 is 0 Å². The lowest BCUT2D eigenvalue weighted by atomic mass is 9.87. The summed E-state index contributed by atoms with van der Waals surface area (Å²) in [6.45, 7) is 9.33. The highest BCUT2D eigenvalue weighted by atomic mass is 16.3. The van der Waals surface area contributed by atoms with Crippen molar-refractivity contribution in [3.8, 4) is 0 Å². The first-order valence-corrected chi connectivity index (χ1v) is 6.72. The van der Waals surface area contributed by atoms with Gasteiger partial charge in [0, 0.05) is 43.0 Å². The van der Waals surface area contributed by atoms with Crippen LogP contribution in [-0.4, -0.2) is 11.7 Å². The van der Waals surface area contributed by atoms with Crippen molar-refractivity contribution in [2.45, 2.75) is 47.0 Å². The predicted octanol–water partition coefficient (Wildman–Crippen LogP) is 3.56. The van der Waals surface area contributed by atoms with Crippen LogP contribution in [0.15, 0.2) is 0 Å². The van der Waals surface area contributed by atoms with Gasteiger partial charge in [0.05, 0.1) is 0 Å². The summed E-state index contributed by atoms with van der Waals surface area (Å²) in [6, 6.07) is 15.0. The molecule has 0 aliphatic heterocycles. The molecule has 0 aliphatic carbocycles. The smallest absolute Gasteiger partial charge is 0.0456 e. The minimum Gasteiger partial charge on any atom is -0.396 e. The second-order valence-corrected chi connectivity index (χ2v) is 4.98. The summed E-state index contributed by atoms with van der Waals surface area (Å²) in [4.78, 5) is 0. The Morgan fingerprint density at radius 3 is 1.56 bits per heavy atom. The van der Waals surface area contributed by atoms with Gasteiger partial charge in [0.1, 0.15) is 0 Å². The molecule has 0 saturated heterocycles. The Balaban J connectivity index is 0.000000397. The summed E-state index contributed by atoms with van der Waals surface area (Å²) < 4.78 is 0. The highest BCUT2D eigenvalue weighted by Crippen LogP contribution is 2.21. The molecule has 0 aromatic heterocycles. The van der Waals surface area contributed by atoms with Crippen LogP contribution in [0.3, 0.4) is 0 Å². The molecule has 1 N–H and O–H groups in total. The molecule has 1 nitrogen and oxygen atoms in total. The second-order valence-electron chi connectivity index (χ2n) is 4.98. The fraction of sp³-hybridized carbons (Fsp3) is 0.647. The minimum atomic E-state index is 0.341. The van der Waals surface area contributed by atoms with Crippen molar-refractivity contribution < 1.29 is 5.11 Å². The van der Waals surface area contributed by atoms with E-state index in [0.717, 1.165) is 11.8 Å². The molecule has 0 radical (unpaired) electrons. The number of hydrogen-bond acceptors (Lipinski definition) is 1. The Morgan fingerprint density at radius 2 is 1.22 bits per heavy atom. The molecule has 0 saturated carbocycles. The molecule has 1 aromatic carbocycles. The molecule has 1 rings (SSSR count). The topological polar surface area (TPSA) is 20.2 Å². The van der Waals surface area contributed by atoms with Gasteiger partial charge in [-0.1, -0.05) is 40.5 Å².